The summed E-state index contributed by atoms with van der Waals surface area (Å²) >= 11 is 0. The van der Waals surface area contributed by atoms with Crippen LogP contribution in [0.15, 0.2) is 0 Å². The molecule has 4 unspecified atom stereocenters. The van der Waals surface area contributed by atoms with Gasteiger partial charge in [-0.2, -0.15) is 0 Å². The Balaban J connectivity index is 0.00000400. The van der Waals surface area contributed by atoms with Crippen molar-refractivity contribution in [2.24, 2.45) is 17.8 Å². The third kappa shape index (κ3) is 7.48. The SMILES string of the molecule is CNC(C)CNC(=O)COC1CC(C)CCC1C(C)C.Cl. The maximum Gasteiger partial charge on any atom is 0.246 e. The van der Waals surface area contributed by atoms with E-state index >= 15 is 0 Å². The molecule has 21 heavy (non-hydrogen) atoms. The van der Waals surface area contributed by atoms with E-state index in [1.165, 1.54) is 12.8 Å². The average Bonchev–Trinajstić information content (AvgIpc) is 2.42. The van der Waals surface area contributed by atoms with Gasteiger partial charge in [-0.15, -0.1) is 12.4 Å². The van der Waals surface area contributed by atoms with E-state index in [0.717, 1.165) is 6.42 Å². The van der Waals surface area contributed by atoms with Gasteiger partial charge in [0.1, 0.15) is 6.61 Å². The minimum absolute atomic E-state index is 0. The van der Waals surface area contributed by atoms with Gasteiger partial charge in [-0.1, -0.05) is 27.2 Å². The zero-order valence-electron chi connectivity index (χ0n) is 14.1. The number of ether oxygens (including phenoxy) is 1. The zero-order valence-corrected chi connectivity index (χ0v) is 15.0. The van der Waals surface area contributed by atoms with E-state index in [4.69, 9.17) is 4.74 Å². The molecule has 5 heteroatoms. The van der Waals surface area contributed by atoms with Gasteiger partial charge in [-0.3, -0.25) is 4.79 Å². The van der Waals surface area contributed by atoms with Crippen molar-refractivity contribution < 1.29 is 9.53 Å². The van der Waals surface area contributed by atoms with Crippen molar-refractivity contribution in [1.82, 2.24) is 10.6 Å². The first-order valence-electron chi connectivity index (χ1n) is 7.99. The second-order valence-corrected chi connectivity index (χ2v) is 6.67. The molecular weight excluding hydrogens is 288 g/mol. The fourth-order valence-electron chi connectivity index (χ4n) is 2.91. The summed E-state index contributed by atoms with van der Waals surface area (Å²) < 4.78 is 5.92. The highest BCUT2D eigenvalue weighted by Gasteiger charge is 2.31. The van der Waals surface area contributed by atoms with Gasteiger partial charge in [0.05, 0.1) is 6.10 Å². The summed E-state index contributed by atoms with van der Waals surface area (Å²) in [5.41, 5.74) is 0. The molecule has 0 bridgehead atoms. The molecule has 0 aromatic rings. The monoisotopic (exact) mass is 320 g/mol. The third-order valence-electron chi connectivity index (χ3n) is 4.49. The minimum Gasteiger partial charge on any atom is -0.368 e. The fraction of sp³-hybridized carbons (Fsp3) is 0.938. The van der Waals surface area contributed by atoms with Crippen LogP contribution in [0.4, 0.5) is 0 Å². The van der Waals surface area contributed by atoms with E-state index in [2.05, 4.69) is 31.4 Å². The molecule has 126 valence electrons. The van der Waals surface area contributed by atoms with Gasteiger partial charge in [0.2, 0.25) is 5.91 Å². The molecule has 0 aliphatic heterocycles. The fourth-order valence-corrected chi connectivity index (χ4v) is 2.91. The van der Waals surface area contributed by atoms with Crippen molar-refractivity contribution in [2.45, 2.75) is 59.1 Å². The molecule has 1 saturated carbocycles. The van der Waals surface area contributed by atoms with Gasteiger partial charge in [0.15, 0.2) is 0 Å². The number of nitrogens with one attached hydrogen (secondary N) is 2. The summed E-state index contributed by atoms with van der Waals surface area (Å²) in [6, 6.07) is 0.289. The average molecular weight is 321 g/mol. The first-order valence-corrected chi connectivity index (χ1v) is 7.99. The van der Waals surface area contributed by atoms with Crippen LogP contribution < -0.4 is 10.6 Å². The molecule has 2 N–H and O–H groups in total. The van der Waals surface area contributed by atoms with E-state index in [1.54, 1.807) is 0 Å². The van der Waals surface area contributed by atoms with Crippen LogP contribution in [0, 0.1) is 17.8 Å². The highest BCUT2D eigenvalue weighted by molar-refractivity contribution is 5.85. The minimum atomic E-state index is -0.00664. The van der Waals surface area contributed by atoms with Crippen molar-refractivity contribution in [3.8, 4) is 0 Å². The number of hydrogen-bond donors (Lipinski definition) is 2. The van der Waals surface area contributed by atoms with Crippen LogP contribution in [-0.2, 0) is 9.53 Å². The highest BCUT2D eigenvalue weighted by Crippen LogP contribution is 2.35. The number of hydrogen-bond acceptors (Lipinski definition) is 3. The van der Waals surface area contributed by atoms with E-state index in [-0.39, 0.29) is 37.1 Å². The first-order chi connectivity index (χ1) is 9.43. The molecule has 1 amide bonds. The number of carbonyl (C=O) groups is 1. The molecule has 0 aromatic carbocycles. The van der Waals surface area contributed by atoms with Crippen molar-refractivity contribution >= 4 is 18.3 Å². The van der Waals surface area contributed by atoms with Crippen molar-refractivity contribution in [3.05, 3.63) is 0 Å². The second kappa shape index (κ2) is 10.4. The Kier molecular flexibility index (Phi) is 10.3. The Hall–Kier alpha value is -0.320. The quantitative estimate of drug-likeness (QED) is 0.758. The molecule has 0 radical (unpaired) electrons. The third-order valence-corrected chi connectivity index (χ3v) is 4.49. The molecule has 0 saturated heterocycles. The molecule has 0 spiro atoms. The van der Waals surface area contributed by atoms with Crippen molar-refractivity contribution in [3.63, 3.8) is 0 Å². The normalized spacial score (nSPS) is 27.0. The van der Waals surface area contributed by atoms with Crippen LogP contribution in [0.3, 0.4) is 0 Å². The van der Waals surface area contributed by atoms with Crippen LogP contribution >= 0.6 is 12.4 Å². The first kappa shape index (κ1) is 20.7. The lowest BCUT2D eigenvalue weighted by Gasteiger charge is -2.37. The molecule has 4 atom stereocenters. The predicted molar refractivity (Wildman–Crippen MR) is 89.9 cm³/mol. The van der Waals surface area contributed by atoms with Crippen molar-refractivity contribution in [1.29, 1.82) is 0 Å². The highest BCUT2D eigenvalue weighted by atomic mass is 35.5. The second-order valence-electron chi connectivity index (χ2n) is 6.67. The summed E-state index contributed by atoms with van der Waals surface area (Å²) in [5, 5.41) is 6.00. The molecule has 4 nitrogen and oxygen atoms in total. The van der Waals surface area contributed by atoms with E-state index in [0.29, 0.717) is 24.3 Å². The lowest BCUT2D eigenvalue weighted by Crippen LogP contribution is -2.41. The molecular formula is C16H33ClN2O2. The summed E-state index contributed by atoms with van der Waals surface area (Å²) in [4.78, 5) is 11.8. The number of likely N-dealkylation sites (N-methyl/N-ethyl adjacent to an activating group) is 1. The Bertz CT molecular complexity index is 300. The Morgan fingerprint density at radius 1 is 1.29 bits per heavy atom. The smallest absolute Gasteiger partial charge is 0.246 e. The van der Waals surface area contributed by atoms with Crippen LogP contribution in [0.2, 0.25) is 0 Å². The van der Waals surface area contributed by atoms with Gasteiger partial charge in [0, 0.05) is 12.6 Å². The molecule has 1 rings (SSSR count). The summed E-state index contributed by atoms with van der Waals surface area (Å²) in [6.45, 7) is 9.67. The molecule has 1 aliphatic rings. The lowest BCUT2D eigenvalue weighted by molar-refractivity contribution is -0.131. The number of carbonyl (C=O) groups excluding carboxylic acids is 1. The molecule has 1 fully saturated rings. The topological polar surface area (TPSA) is 50.4 Å². The van der Waals surface area contributed by atoms with Gasteiger partial charge >= 0.3 is 0 Å². The van der Waals surface area contributed by atoms with Gasteiger partial charge in [-0.25, -0.2) is 0 Å². The largest absolute Gasteiger partial charge is 0.368 e. The maximum absolute atomic E-state index is 11.8. The Labute approximate surface area is 136 Å². The Morgan fingerprint density at radius 3 is 2.52 bits per heavy atom. The van der Waals surface area contributed by atoms with Crippen LogP contribution in [0.25, 0.3) is 0 Å². The van der Waals surface area contributed by atoms with Crippen molar-refractivity contribution in [2.75, 3.05) is 20.2 Å². The summed E-state index contributed by atoms with van der Waals surface area (Å²) in [7, 11) is 1.89. The molecule has 0 aromatic heterocycles. The number of amides is 1. The molecule has 1 aliphatic carbocycles. The number of halogens is 1. The predicted octanol–water partition coefficient (Wildman–Crippen LogP) is 2.61. The van der Waals surface area contributed by atoms with Gasteiger partial charge in [-0.05, 0) is 44.6 Å². The van der Waals surface area contributed by atoms with E-state index < -0.39 is 0 Å². The van der Waals surface area contributed by atoms with E-state index in [9.17, 15) is 4.79 Å². The zero-order chi connectivity index (χ0) is 15.1. The Morgan fingerprint density at radius 2 is 1.95 bits per heavy atom. The van der Waals surface area contributed by atoms with E-state index in [1.807, 2.05) is 14.0 Å². The van der Waals surface area contributed by atoms with Crippen LogP contribution in [0.5, 0.6) is 0 Å². The van der Waals surface area contributed by atoms with Crippen LogP contribution in [0.1, 0.15) is 47.0 Å². The lowest BCUT2D eigenvalue weighted by atomic mass is 9.75. The summed E-state index contributed by atoms with van der Waals surface area (Å²) in [5.74, 6) is 1.92. The van der Waals surface area contributed by atoms with Crippen LogP contribution in [-0.4, -0.2) is 38.3 Å². The standard InChI is InChI=1S/C16H32N2O2.ClH/c1-11(2)14-7-6-12(3)8-15(14)20-10-16(19)18-9-13(4)17-5;/h11-15,17H,6-10H2,1-5H3,(H,18,19);1H. The maximum atomic E-state index is 11.8. The number of rotatable bonds is 7. The van der Waals surface area contributed by atoms with Gasteiger partial charge in [0.25, 0.3) is 0 Å². The van der Waals surface area contributed by atoms with Gasteiger partial charge < -0.3 is 15.4 Å². The molecule has 0 heterocycles. The summed E-state index contributed by atoms with van der Waals surface area (Å²) in [6.07, 6.45) is 3.84.